The lowest BCUT2D eigenvalue weighted by atomic mass is 10.2. The van der Waals surface area contributed by atoms with Gasteiger partial charge in [-0.3, -0.25) is 0 Å². The van der Waals surface area contributed by atoms with Crippen molar-refractivity contribution >= 4 is 28.8 Å². The molecule has 0 fully saturated rings. The van der Waals surface area contributed by atoms with Gasteiger partial charge < -0.3 is 25.0 Å². The average molecular weight is 393 g/mol. The van der Waals surface area contributed by atoms with Crippen molar-refractivity contribution in [1.82, 2.24) is 9.97 Å². The van der Waals surface area contributed by atoms with Gasteiger partial charge in [0.1, 0.15) is 17.3 Å². The fourth-order valence-corrected chi connectivity index (χ4v) is 3.01. The molecule has 0 unspecified atom stereocenters. The van der Waals surface area contributed by atoms with Gasteiger partial charge in [-0.15, -0.1) is 0 Å². The molecule has 0 aliphatic carbocycles. The van der Waals surface area contributed by atoms with E-state index in [1.54, 1.807) is 20.4 Å². The van der Waals surface area contributed by atoms with Crippen LogP contribution in [0.4, 0.5) is 28.8 Å². The van der Waals surface area contributed by atoms with Gasteiger partial charge in [0.05, 0.1) is 19.9 Å². The second-order valence-electron chi connectivity index (χ2n) is 6.30. The van der Waals surface area contributed by atoms with Crippen LogP contribution in [0.15, 0.2) is 54.7 Å². The number of benzene rings is 2. The van der Waals surface area contributed by atoms with E-state index in [2.05, 4.69) is 51.5 Å². The number of hydrogen-bond donors (Lipinski definition) is 2. The monoisotopic (exact) mass is 393 g/mol. The molecule has 3 aromatic rings. The van der Waals surface area contributed by atoms with Crippen molar-refractivity contribution in [2.75, 3.05) is 42.8 Å². The zero-order valence-electron chi connectivity index (χ0n) is 17.3. The first-order chi connectivity index (χ1) is 14.2. The van der Waals surface area contributed by atoms with Gasteiger partial charge >= 0.3 is 0 Å². The number of nitrogens with one attached hydrogen (secondary N) is 2. The number of hydrogen-bond acceptors (Lipinski definition) is 7. The van der Waals surface area contributed by atoms with Gasteiger partial charge in [-0.25, -0.2) is 4.98 Å². The first kappa shape index (κ1) is 20.3. The normalized spacial score (nSPS) is 10.3. The van der Waals surface area contributed by atoms with Crippen molar-refractivity contribution in [1.29, 1.82) is 0 Å². The molecular weight excluding hydrogens is 366 g/mol. The molecule has 0 atom stereocenters. The third-order valence-corrected chi connectivity index (χ3v) is 4.58. The number of nitrogens with zero attached hydrogens (tertiary/aromatic N) is 3. The van der Waals surface area contributed by atoms with E-state index in [0.717, 1.165) is 30.2 Å². The Bertz CT molecular complexity index is 927. The molecule has 7 nitrogen and oxygen atoms in total. The van der Waals surface area contributed by atoms with Crippen LogP contribution in [0.2, 0.25) is 0 Å². The van der Waals surface area contributed by atoms with Crippen LogP contribution in [0.5, 0.6) is 11.5 Å². The van der Waals surface area contributed by atoms with E-state index in [9.17, 15) is 0 Å². The van der Waals surface area contributed by atoms with E-state index in [-0.39, 0.29) is 0 Å². The maximum Gasteiger partial charge on any atom is 0.229 e. The van der Waals surface area contributed by atoms with Crippen LogP contribution in [0, 0.1) is 0 Å². The summed E-state index contributed by atoms with van der Waals surface area (Å²) in [7, 11) is 3.24. The van der Waals surface area contributed by atoms with E-state index in [0.29, 0.717) is 17.5 Å². The van der Waals surface area contributed by atoms with Gasteiger partial charge in [0, 0.05) is 36.7 Å². The molecule has 0 aliphatic rings. The maximum atomic E-state index is 5.40. The van der Waals surface area contributed by atoms with Crippen LogP contribution >= 0.6 is 0 Å². The van der Waals surface area contributed by atoms with Crippen LogP contribution in [0.1, 0.15) is 13.8 Å². The summed E-state index contributed by atoms with van der Waals surface area (Å²) in [4.78, 5) is 11.1. The molecule has 7 heteroatoms. The van der Waals surface area contributed by atoms with E-state index in [1.807, 2.05) is 36.4 Å². The molecule has 0 saturated carbocycles. The molecule has 152 valence electrons. The number of methoxy groups -OCH3 is 2. The van der Waals surface area contributed by atoms with Crippen molar-refractivity contribution in [3.63, 3.8) is 0 Å². The molecule has 0 aliphatic heterocycles. The summed E-state index contributed by atoms with van der Waals surface area (Å²) in [5.41, 5.74) is 2.90. The minimum atomic E-state index is 0.460. The molecule has 0 saturated heterocycles. The highest BCUT2D eigenvalue weighted by atomic mass is 16.5. The quantitative estimate of drug-likeness (QED) is 0.540. The van der Waals surface area contributed by atoms with Crippen LogP contribution in [-0.4, -0.2) is 37.3 Å². The summed E-state index contributed by atoms with van der Waals surface area (Å²) in [6.45, 7) is 6.28. The van der Waals surface area contributed by atoms with E-state index in [1.165, 1.54) is 5.69 Å². The number of ether oxygens (including phenoxy) is 2. The fourth-order valence-electron chi connectivity index (χ4n) is 3.01. The predicted molar refractivity (Wildman–Crippen MR) is 118 cm³/mol. The summed E-state index contributed by atoms with van der Waals surface area (Å²) >= 11 is 0. The van der Waals surface area contributed by atoms with Gasteiger partial charge in [-0.05, 0) is 56.3 Å². The Labute approximate surface area is 171 Å². The standard InChI is InChI=1S/C22H27N5O2/c1-5-27(6-2)17-9-7-16(8-10-17)24-21-13-14-23-22(26-21)25-19-15-18(28-3)11-12-20(19)29-4/h7-15H,5-6H2,1-4H3,(H2,23,24,25,26). The lowest BCUT2D eigenvalue weighted by molar-refractivity contribution is 0.405. The highest BCUT2D eigenvalue weighted by molar-refractivity contribution is 5.66. The number of rotatable bonds is 9. The molecule has 2 N–H and O–H groups in total. The molecule has 29 heavy (non-hydrogen) atoms. The molecule has 2 aromatic carbocycles. The highest BCUT2D eigenvalue weighted by Gasteiger charge is 2.08. The van der Waals surface area contributed by atoms with Crippen molar-refractivity contribution in [3.05, 3.63) is 54.7 Å². The van der Waals surface area contributed by atoms with Crippen LogP contribution in [0.3, 0.4) is 0 Å². The zero-order chi connectivity index (χ0) is 20.6. The Kier molecular flexibility index (Phi) is 6.73. The van der Waals surface area contributed by atoms with Gasteiger partial charge in [0.2, 0.25) is 5.95 Å². The van der Waals surface area contributed by atoms with Gasteiger partial charge in [0.25, 0.3) is 0 Å². The average Bonchev–Trinajstić information content (AvgIpc) is 2.76. The Morgan fingerprint density at radius 2 is 1.66 bits per heavy atom. The van der Waals surface area contributed by atoms with Crippen molar-refractivity contribution in [2.45, 2.75) is 13.8 Å². The summed E-state index contributed by atoms with van der Waals surface area (Å²) in [6.07, 6.45) is 1.70. The van der Waals surface area contributed by atoms with Gasteiger partial charge in [0.15, 0.2) is 0 Å². The van der Waals surface area contributed by atoms with Gasteiger partial charge in [-0.2, -0.15) is 4.98 Å². The lowest BCUT2D eigenvalue weighted by Gasteiger charge is -2.21. The first-order valence-electron chi connectivity index (χ1n) is 9.61. The summed E-state index contributed by atoms with van der Waals surface area (Å²) in [5, 5.41) is 6.51. The Balaban J connectivity index is 1.75. The topological polar surface area (TPSA) is 71.5 Å². The summed E-state index contributed by atoms with van der Waals surface area (Å²) in [6, 6.07) is 15.7. The van der Waals surface area contributed by atoms with Gasteiger partial charge in [-0.1, -0.05) is 0 Å². The van der Waals surface area contributed by atoms with Crippen LogP contribution in [-0.2, 0) is 0 Å². The number of anilines is 5. The lowest BCUT2D eigenvalue weighted by Crippen LogP contribution is -2.21. The summed E-state index contributed by atoms with van der Waals surface area (Å²) < 4.78 is 10.7. The third-order valence-electron chi connectivity index (χ3n) is 4.58. The molecule has 0 amide bonds. The van der Waals surface area contributed by atoms with E-state index >= 15 is 0 Å². The van der Waals surface area contributed by atoms with E-state index < -0.39 is 0 Å². The predicted octanol–water partition coefficient (Wildman–Crippen LogP) is 4.83. The Hall–Kier alpha value is -3.48. The minimum Gasteiger partial charge on any atom is -0.497 e. The molecule has 0 radical (unpaired) electrons. The molecule has 1 heterocycles. The smallest absolute Gasteiger partial charge is 0.229 e. The van der Waals surface area contributed by atoms with Crippen LogP contribution < -0.4 is 25.0 Å². The maximum absolute atomic E-state index is 5.40. The SMILES string of the molecule is CCN(CC)c1ccc(Nc2ccnc(Nc3cc(OC)ccc3OC)n2)cc1. The molecule has 1 aromatic heterocycles. The second kappa shape index (κ2) is 9.64. The van der Waals surface area contributed by atoms with Crippen molar-refractivity contribution in [2.24, 2.45) is 0 Å². The van der Waals surface area contributed by atoms with E-state index in [4.69, 9.17) is 9.47 Å². The summed E-state index contributed by atoms with van der Waals surface area (Å²) in [5.74, 6) is 2.55. The third kappa shape index (κ3) is 5.07. The van der Waals surface area contributed by atoms with Crippen molar-refractivity contribution in [3.8, 4) is 11.5 Å². The Morgan fingerprint density at radius 3 is 2.31 bits per heavy atom. The second-order valence-corrected chi connectivity index (χ2v) is 6.30. The molecule has 0 spiro atoms. The largest absolute Gasteiger partial charge is 0.497 e. The molecule has 3 rings (SSSR count). The zero-order valence-corrected chi connectivity index (χ0v) is 17.3. The first-order valence-corrected chi connectivity index (χ1v) is 9.61. The minimum absolute atomic E-state index is 0.460. The van der Waals surface area contributed by atoms with Crippen molar-refractivity contribution < 1.29 is 9.47 Å². The van der Waals surface area contributed by atoms with Crippen LogP contribution in [0.25, 0.3) is 0 Å². The Morgan fingerprint density at radius 1 is 0.897 bits per heavy atom. The highest BCUT2D eigenvalue weighted by Crippen LogP contribution is 2.31. The number of aromatic nitrogens is 2. The molecule has 0 bridgehead atoms. The molecular formula is C22H27N5O2. The fraction of sp³-hybridized carbons (Fsp3) is 0.273.